The van der Waals surface area contributed by atoms with Gasteiger partial charge in [0.05, 0.1) is 0 Å². The molecule has 1 saturated heterocycles. The largest absolute Gasteiger partial charge is 0.339 e. The SMILES string of the molecule is CC(C)N(CC1CCC1)C(=O)NC[C@@H]1CC(=O)N(C2CC2)C1. The van der Waals surface area contributed by atoms with Crippen LogP contribution in [0.2, 0.25) is 0 Å². The van der Waals surface area contributed by atoms with Gasteiger partial charge in [0.25, 0.3) is 0 Å². The molecule has 0 unspecified atom stereocenters. The van der Waals surface area contributed by atoms with Crippen LogP contribution < -0.4 is 5.32 Å². The number of amides is 3. The highest BCUT2D eigenvalue weighted by molar-refractivity contribution is 5.79. The molecule has 0 bridgehead atoms. The lowest BCUT2D eigenvalue weighted by Gasteiger charge is -2.35. The van der Waals surface area contributed by atoms with Crippen molar-refractivity contribution >= 4 is 11.9 Å². The second-order valence-corrected chi connectivity index (χ2v) is 7.58. The summed E-state index contributed by atoms with van der Waals surface area (Å²) in [7, 11) is 0. The molecule has 124 valence electrons. The Morgan fingerprint density at radius 3 is 2.55 bits per heavy atom. The van der Waals surface area contributed by atoms with Crippen LogP contribution in [0.5, 0.6) is 0 Å². The van der Waals surface area contributed by atoms with Crippen LogP contribution in [0.15, 0.2) is 0 Å². The molecule has 1 N–H and O–H groups in total. The van der Waals surface area contributed by atoms with Gasteiger partial charge in [0, 0.05) is 44.1 Å². The molecular weight excluding hydrogens is 278 g/mol. The van der Waals surface area contributed by atoms with E-state index >= 15 is 0 Å². The average Bonchev–Trinajstić information content (AvgIpc) is 3.18. The van der Waals surface area contributed by atoms with E-state index in [-0.39, 0.29) is 23.9 Å². The van der Waals surface area contributed by atoms with Gasteiger partial charge in [0.1, 0.15) is 0 Å². The van der Waals surface area contributed by atoms with Crippen LogP contribution in [-0.2, 0) is 4.79 Å². The average molecular weight is 307 g/mol. The van der Waals surface area contributed by atoms with Crippen molar-refractivity contribution < 1.29 is 9.59 Å². The van der Waals surface area contributed by atoms with Gasteiger partial charge in [-0.2, -0.15) is 0 Å². The summed E-state index contributed by atoms with van der Waals surface area (Å²) in [5.41, 5.74) is 0. The second-order valence-electron chi connectivity index (χ2n) is 7.58. The lowest BCUT2D eigenvalue weighted by Crippen LogP contribution is -2.48. The minimum Gasteiger partial charge on any atom is -0.339 e. The smallest absolute Gasteiger partial charge is 0.317 e. The van der Waals surface area contributed by atoms with Crippen molar-refractivity contribution in [3.63, 3.8) is 0 Å². The van der Waals surface area contributed by atoms with E-state index in [4.69, 9.17) is 0 Å². The number of hydrogen-bond acceptors (Lipinski definition) is 2. The first-order valence-corrected chi connectivity index (χ1v) is 8.88. The molecule has 0 aromatic heterocycles. The summed E-state index contributed by atoms with van der Waals surface area (Å²) in [5, 5.41) is 3.07. The molecule has 1 heterocycles. The Hall–Kier alpha value is -1.26. The number of rotatable bonds is 6. The van der Waals surface area contributed by atoms with E-state index in [1.165, 1.54) is 19.3 Å². The van der Waals surface area contributed by atoms with Crippen LogP contribution >= 0.6 is 0 Å². The van der Waals surface area contributed by atoms with Crippen molar-refractivity contribution in [2.45, 2.75) is 64.5 Å². The predicted octanol–water partition coefficient (Wildman–Crippen LogP) is 2.22. The zero-order chi connectivity index (χ0) is 15.7. The van der Waals surface area contributed by atoms with Crippen molar-refractivity contribution in [2.75, 3.05) is 19.6 Å². The van der Waals surface area contributed by atoms with E-state index < -0.39 is 0 Å². The third-order valence-corrected chi connectivity index (χ3v) is 5.33. The third-order valence-electron chi connectivity index (χ3n) is 5.33. The molecule has 3 amide bonds. The van der Waals surface area contributed by atoms with Crippen molar-refractivity contribution in [1.82, 2.24) is 15.1 Å². The van der Waals surface area contributed by atoms with Gasteiger partial charge in [-0.3, -0.25) is 4.79 Å². The summed E-state index contributed by atoms with van der Waals surface area (Å²) >= 11 is 0. The van der Waals surface area contributed by atoms with E-state index in [9.17, 15) is 9.59 Å². The number of likely N-dealkylation sites (tertiary alicyclic amines) is 1. The minimum absolute atomic E-state index is 0.0409. The van der Waals surface area contributed by atoms with Crippen LogP contribution in [0.3, 0.4) is 0 Å². The highest BCUT2D eigenvalue weighted by Crippen LogP contribution is 2.32. The maximum atomic E-state index is 12.4. The van der Waals surface area contributed by atoms with E-state index in [0.29, 0.717) is 24.9 Å². The quantitative estimate of drug-likeness (QED) is 0.818. The topological polar surface area (TPSA) is 52.7 Å². The van der Waals surface area contributed by atoms with Gasteiger partial charge in [-0.05, 0) is 45.4 Å². The van der Waals surface area contributed by atoms with Crippen LogP contribution in [-0.4, -0.2) is 53.5 Å². The lowest BCUT2D eigenvalue weighted by atomic mass is 9.85. The summed E-state index contributed by atoms with van der Waals surface area (Å²) < 4.78 is 0. The summed E-state index contributed by atoms with van der Waals surface area (Å²) in [6, 6.07) is 0.770. The fourth-order valence-electron chi connectivity index (χ4n) is 3.50. The Kier molecular flexibility index (Phi) is 4.59. The molecule has 0 aromatic rings. The zero-order valence-electron chi connectivity index (χ0n) is 13.9. The number of carbonyl (C=O) groups excluding carboxylic acids is 2. The minimum atomic E-state index is 0.0409. The van der Waals surface area contributed by atoms with Crippen LogP contribution in [0.4, 0.5) is 4.79 Å². The molecule has 22 heavy (non-hydrogen) atoms. The molecular formula is C17H29N3O2. The molecule has 3 aliphatic rings. The molecule has 2 aliphatic carbocycles. The van der Waals surface area contributed by atoms with Crippen LogP contribution in [0, 0.1) is 11.8 Å². The normalized spacial score (nSPS) is 25.5. The molecule has 1 atom stereocenters. The molecule has 3 rings (SSSR count). The number of urea groups is 1. The first-order chi connectivity index (χ1) is 10.5. The van der Waals surface area contributed by atoms with Crippen molar-refractivity contribution in [1.29, 1.82) is 0 Å². The monoisotopic (exact) mass is 307 g/mol. The molecule has 0 aromatic carbocycles. The number of hydrogen-bond donors (Lipinski definition) is 1. The number of carbonyl (C=O) groups is 2. The fourth-order valence-corrected chi connectivity index (χ4v) is 3.50. The molecule has 5 nitrogen and oxygen atoms in total. The number of nitrogens with one attached hydrogen (secondary N) is 1. The maximum absolute atomic E-state index is 12.4. The lowest BCUT2D eigenvalue weighted by molar-refractivity contribution is -0.128. The van der Waals surface area contributed by atoms with Gasteiger partial charge in [0.15, 0.2) is 0 Å². The van der Waals surface area contributed by atoms with Crippen molar-refractivity contribution in [3.05, 3.63) is 0 Å². The van der Waals surface area contributed by atoms with E-state index in [1.54, 1.807) is 0 Å². The molecule has 0 spiro atoms. The summed E-state index contributed by atoms with van der Waals surface area (Å²) in [6.45, 7) is 6.48. The Balaban J connectivity index is 1.45. The van der Waals surface area contributed by atoms with E-state index in [0.717, 1.165) is 25.9 Å². The predicted molar refractivity (Wildman–Crippen MR) is 85.4 cm³/mol. The summed E-state index contributed by atoms with van der Waals surface area (Å²) in [4.78, 5) is 28.4. The Bertz CT molecular complexity index is 430. The Morgan fingerprint density at radius 2 is 2.00 bits per heavy atom. The fraction of sp³-hybridized carbons (Fsp3) is 0.882. The standard InChI is InChI=1S/C17H29N3O2/c1-12(2)19(10-13-4-3-5-13)17(22)18-9-14-8-16(21)20(11-14)15-6-7-15/h12-15H,3-11H2,1-2H3,(H,18,22)/t14-/m0/s1. The molecule has 0 radical (unpaired) electrons. The Labute approximate surface area is 133 Å². The molecule has 5 heteroatoms. The molecule has 1 aliphatic heterocycles. The van der Waals surface area contributed by atoms with E-state index in [2.05, 4.69) is 19.2 Å². The van der Waals surface area contributed by atoms with Gasteiger partial charge < -0.3 is 15.1 Å². The highest BCUT2D eigenvalue weighted by atomic mass is 16.2. The summed E-state index contributed by atoms with van der Waals surface area (Å²) in [6.07, 6.45) is 6.73. The molecule has 2 saturated carbocycles. The maximum Gasteiger partial charge on any atom is 0.317 e. The van der Waals surface area contributed by atoms with Crippen LogP contribution in [0.25, 0.3) is 0 Å². The zero-order valence-corrected chi connectivity index (χ0v) is 13.9. The van der Waals surface area contributed by atoms with Gasteiger partial charge >= 0.3 is 6.03 Å². The first kappa shape index (κ1) is 15.6. The third kappa shape index (κ3) is 3.55. The van der Waals surface area contributed by atoms with Crippen LogP contribution in [0.1, 0.15) is 52.4 Å². The van der Waals surface area contributed by atoms with Gasteiger partial charge in [-0.25, -0.2) is 4.79 Å². The van der Waals surface area contributed by atoms with Gasteiger partial charge in [-0.1, -0.05) is 6.42 Å². The second kappa shape index (κ2) is 6.47. The van der Waals surface area contributed by atoms with Gasteiger partial charge in [0.2, 0.25) is 5.91 Å². The highest BCUT2D eigenvalue weighted by Gasteiger charge is 2.39. The number of nitrogens with zero attached hydrogens (tertiary/aromatic N) is 2. The van der Waals surface area contributed by atoms with Gasteiger partial charge in [-0.15, -0.1) is 0 Å². The first-order valence-electron chi connectivity index (χ1n) is 8.88. The van der Waals surface area contributed by atoms with E-state index in [1.807, 2.05) is 9.80 Å². The van der Waals surface area contributed by atoms with Crippen molar-refractivity contribution in [3.8, 4) is 0 Å². The Morgan fingerprint density at radius 1 is 1.27 bits per heavy atom. The molecule has 3 fully saturated rings. The van der Waals surface area contributed by atoms with Crippen molar-refractivity contribution in [2.24, 2.45) is 11.8 Å². The summed E-state index contributed by atoms with van der Waals surface area (Å²) in [5.74, 6) is 1.25.